The van der Waals surface area contributed by atoms with Crippen molar-refractivity contribution in [3.8, 4) is 0 Å². The molecule has 7 heteroatoms. The molecular formula is C20H20N4O2S. The SMILES string of the molecule is O=C1CC(N2CCSCC2)C(=O)N1c1ccc(N=Nc2ccccc2)cc1. The summed E-state index contributed by atoms with van der Waals surface area (Å²) in [6, 6.07) is 16.2. The molecule has 2 heterocycles. The fraction of sp³-hybridized carbons (Fsp3) is 0.300. The van der Waals surface area contributed by atoms with Crippen molar-refractivity contribution in [2.75, 3.05) is 29.5 Å². The normalized spacial score (nSPS) is 21.3. The fourth-order valence-corrected chi connectivity index (χ4v) is 4.27. The van der Waals surface area contributed by atoms with Gasteiger partial charge in [0, 0.05) is 24.6 Å². The van der Waals surface area contributed by atoms with Gasteiger partial charge in [0.15, 0.2) is 0 Å². The lowest BCUT2D eigenvalue weighted by atomic mass is 10.2. The minimum Gasteiger partial charge on any atom is -0.290 e. The number of rotatable bonds is 4. The first-order chi connectivity index (χ1) is 13.2. The lowest BCUT2D eigenvalue weighted by molar-refractivity contribution is -0.122. The summed E-state index contributed by atoms with van der Waals surface area (Å²) in [5, 5.41) is 8.37. The number of hydrogen-bond acceptors (Lipinski definition) is 6. The molecule has 2 amide bonds. The van der Waals surface area contributed by atoms with E-state index in [0.717, 1.165) is 30.3 Å². The summed E-state index contributed by atoms with van der Waals surface area (Å²) in [4.78, 5) is 28.7. The lowest BCUT2D eigenvalue weighted by Gasteiger charge is -2.30. The Morgan fingerprint density at radius 2 is 1.48 bits per heavy atom. The number of anilines is 1. The van der Waals surface area contributed by atoms with Crippen LogP contribution in [0.25, 0.3) is 0 Å². The highest BCUT2D eigenvalue weighted by Gasteiger charge is 2.42. The number of amides is 2. The van der Waals surface area contributed by atoms with Crippen molar-refractivity contribution in [1.82, 2.24) is 4.90 Å². The largest absolute Gasteiger partial charge is 0.290 e. The van der Waals surface area contributed by atoms with Gasteiger partial charge in [-0.25, -0.2) is 4.90 Å². The van der Waals surface area contributed by atoms with Crippen molar-refractivity contribution < 1.29 is 9.59 Å². The number of nitrogens with zero attached hydrogens (tertiary/aromatic N) is 4. The Hall–Kier alpha value is -2.51. The van der Waals surface area contributed by atoms with E-state index in [-0.39, 0.29) is 24.3 Å². The van der Waals surface area contributed by atoms with Crippen LogP contribution in [0.1, 0.15) is 6.42 Å². The molecule has 0 aromatic heterocycles. The smallest absolute Gasteiger partial charge is 0.251 e. The van der Waals surface area contributed by atoms with Gasteiger partial charge in [-0.05, 0) is 36.4 Å². The molecule has 1 atom stereocenters. The standard InChI is InChI=1S/C20H20N4O2S/c25-19-14-18(23-10-12-27-13-11-23)20(26)24(19)17-8-6-16(7-9-17)22-21-15-4-2-1-3-5-15/h1-9,18H,10-14H2. The van der Waals surface area contributed by atoms with Gasteiger partial charge in [-0.2, -0.15) is 22.0 Å². The van der Waals surface area contributed by atoms with E-state index in [9.17, 15) is 9.59 Å². The number of imide groups is 1. The molecule has 6 nitrogen and oxygen atoms in total. The average Bonchev–Trinajstić information content (AvgIpc) is 3.02. The van der Waals surface area contributed by atoms with Crippen LogP contribution in [0.4, 0.5) is 17.1 Å². The van der Waals surface area contributed by atoms with Gasteiger partial charge in [0.2, 0.25) is 5.91 Å². The third kappa shape index (κ3) is 3.94. The molecule has 2 aliphatic heterocycles. The number of benzene rings is 2. The molecule has 0 aliphatic carbocycles. The van der Waals surface area contributed by atoms with Crippen LogP contribution in [0.2, 0.25) is 0 Å². The van der Waals surface area contributed by atoms with E-state index in [1.165, 1.54) is 4.90 Å². The highest BCUT2D eigenvalue weighted by molar-refractivity contribution is 7.99. The third-order valence-corrected chi connectivity index (χ3v) is 5.70. The quantitative estimate of drug-likeness (QED) is 0.598. The van der Waals surface area contributed by atoms with Crippen LogP contribution in [0, 0.1) is 0 Å². The molecule has 2 aromatic carbocycles. The maximum atomic E-state index is 12.8. The zero-order valence-corrected chi connectivity index (χ0v) is 15.6. The second-order valence-corrected chi connectivity index (χ2v) is 7.71. The molecule has 2 fully saturated rings. The van der Waals surface area contributed by atoms with Crippen LogP contribution < -0.4 is 4.90 Å². The van der Waals surface area contributed by atoms with Crippen LogP contribution in [0.5, 0.6) is 0 Å². The number of carbonyl (C=O) groups excluding carboxylic acids is 2. The molecule has 138 valence electrons. The second-order valence-electron chi connectivity index (χ2n) is 6.49. The number of hydrogen-bond donors (Lipinski definition) is 0. The predicted octanol–water partition coefficient (Wildman–Crippen LogP) is 3.78. The molecule has 0 N–H and O–H groups in total. The summed E-state index contributed by atoms with van der Waals surface area (Å²) in [5.74, 6) is 1.77. The number of carbonyl (C=O) groups is 2. The summed E-state index contributed by atoms with van der Waals surface area (Å²) in [6.07, 6.45) is 0.263. The molecule has 2 aliphatic rings. The van der Waals surface area contributed by atoms with Crippen LogP contribution in [-0.4, -0.2) is 47.4 Å². The van der Waals surface area contributed by atoms with Gasteiger partial charge in [0.1, 0.15) is 0 Å². The molecule has 2 saturated heterocycles. The molecule has 0 saturated carbocycles. The van der Waals surface area contributed by atoms with E-state index < -0.39 is 0 Å². The Kier molecular flexibility index (Phi) is 5.31. The minimum absolute atomic E-state index is 0.120. The zero-order valence-electron chi connectivity index (χ0n) is 14.8. The monoisotopic (exact) mass is 380 g/mol. The van der Waals surface area contributed by atoms with Gasteiger partial charge in [-0.1, -0.05) is 18.2 Å². The molecule has 1 unspecified atom stereocenters. The molecule has 2 aromatic rings. The summed E-state index contributed by atoms with van der Waals surface area (Å²) in [5.41, 5.74) is 2.04. The molecule has 0 spiro atoms. The van der Waals surface area contributed by atoms with Gasteiger partial charge >= 0.3 is 0 Å². The molecule has 0 radical (unpaired) electrons. The summed E-state index contributed by atoms with van der Waals surface area (Å²) < 4.78 is 0. The lowest BCUT2D eigenvalue weighted by Crippen LogP contribution is -2.45. The molecule has 0 bridgehead atoms. The van der Waals surface area contributed by atoms with Crippen LogP contribution in [0.3, 0.4) is 0 Å². The average molecular weight is 380 g/mol. The van der Waals surface area contributed by atoms with Gasteiger partial charge in [-0.3, -0.25) is 14.5 Å². The Morgan fingerprint density at radius 3 is 2.15 bits per heavy atom. The summed E-state index contributed by atoms with van der Waals surface area (Å²) in [7, 11) is 0. The van der Waals surface area contributed by atoms with Gasteiger partial charge in [0.05, 0.1) is 29.5 Å². The Balaban J connectivity index is 1.47. The molecule has 27 heavy (non-hydrogen) atoms. The molecule has 4 rings (SSSR count). The van der Waals surface area contributed by atoms with Gasteiger partial charge in [0.25, 0.3) is 5.91 Å². The highest BCUT2D eigenvalue weighted by atomic mass is 32.2. The number of azo groups is 1. The number of thioether (sulfide) groups is 1. The van der Waals surface area contributed by atoms with Gasteiger partial charge < -0.3 is 0 Å². The van der Waals surface area contributed by atoms with Crippen molar-refractivity contribution >= 4 is 40.6 Å². The molecular weight excluding hydrogens is 360 g/mol. The summed E-state index contributed by atoms with van der Waals surface area (Å²) in [6.45, 7) is 1.72. The van der Waals surface area contributed by atoms with E-state index in [4.69, 9.17) is 0 Å². The van der Waals surface area contributed by atoms with E-state index >= 15 is 0 Å². The third-order valence-electron chi connectivity index (χ3n) is 4.75. The van der Waals surface area contributed by atoms with Crippen molar-refractivity contribution in [2.24, 2.45) is 10.2 Å². The Bertz CT molecular complexity index is 848. The maximum absolute atomic E-state index is 12.8. The van der Waals surface area contributed by atoms with Crippen molar-refractivity contribution in [3.63, 3.8) is 0 Å². The van der Waals surface area contributed by atoms with Crippen LogP contribution >= 0.6 is 11.8 Å². The van der Waals surface area contributed by atoms with Crippen molar-refractivity contribution in [1.29, 1.82) is 0 Å². The van der Waals surface area contributed by atoms with Crippen LogP contribution in [-0.2, 0) is 9.59 Å². The van der Waals surface area contributed by atoms with Gasteiger partial charge in [-0.15, -0.1) is 0 Å². The highest BCUT2D eigenvalue weighted by Crippen LogP contribution is 2.29. The topological polar surface area (TPSA) is 65.3 Å². The minimum atomic E-state index is -0.323. The van der Waals surface area contributed by atoms with E-state index in [1.54, 1.807) is 24.3 Å². The second kappa shape index (κ2) is 8.02. The van der Waals surface area contributed by atoms with Crippen molar-refractivity contribution in [3.05, 3.63) is 54.6 Å². The van der Waals surface area contributed by atoms with E-state index in [2.05, 4.69) is 15.1 Å². The van der Waals surface area contributed by atoms with E-state index in [1.807, 2.05) is 42.1 Å². The maximum Gasteiger partial charge on any atom is 0.251 e. The predicted molar refractivity (Wildman–Crippen MR) is 107 cm³/mol. The van der Waals surface area contributed by atoms with Crippen LogP contribution in [0.15, 0.2) is 64.8 Å². The van der Waals surface area contributed by atoms with E-state index in [0.29, 0.717) is 11.4 Å². The Morgan fingerprint density at radius 1 is 0.852 bits per heavy atom. The zero-order chi connectivity index (χ0) is 18.6. The first kappa shape index (κ1) is 17.9. The first-order valence-corrected chi connectivity index (χ1v) is 10.1. The first-order valence-electron chi connectivity index (χ1n) is 8.98. The summed E-state index contributed by atoms with van der Waals surface area (Å²) >= 11 is 1.89. The fourth-order valence-electron chi connectivity index (χ4n) is 3.34. The Labute approximate surface area is 162 Å². The van der Waals surface area contributed by atoms with Crippen molar-refractivity contribution in [2.45, 2.75) is 12.5 Å².